The van der Waals surface area contributed by atoms with E-state index in [2.05, 4.69) is 37.4 Å². The average Bonchev–Trinajstić information content (AvgIpc) is 2.78. The Morgan fingerprint density at radius 3 is 2.65 bits per heavy atom. The smallest absolute Gasteiger partial charge is 0.264 e. The average molecular weight is 313 g/mol. The molecule has 0 saturated carbocycles. The van der Waals surface area contributed by atoms with Crippen molar-refractivity contribution in [1.29, 1.82) is 0 Å². The fraction of sp³-hybridized carbons (Fsp3) is 0.429. The van der Waals surface area contributed by atoms with Crippen LogP contribution in [0, 0.1) is 0 Å². The Bertz CT molecular complexity index is 656. The third-order valence-electron chi connectivity index (χ3n) is 3.19. The largest absolute Gasteiger partial charge is 0.307 e. The number of rotatable bonds is 6. The van der Waals surface area contributed by atoms with Crippen LogP contribution in [0.5, 0.6) is 0 Å². The van der Waals surface area contributed by atoms with Gasteiger partial charge in [0.15, 0.2) is 0 Å². The molecule has 20 heavy (non-hydrogen) atoms. The summed E-state index contributed by atoms with van der Waals surface area (Å²) in [4.78, 5) is 1.21. The molecule has 2 aromatic rings. The molecule has 0 aliphatic rings. The summed E-state index contributed by atoms with van der Waals surface area (Å²) in [5.74, 6) is -0.206. The normalized spacial score (nSPS) is 12.9. The second kappa shape index (κ2) is 5.81. The lowest BCUT2D eigenvalue weighted by atomic mass is 10.0. The van der Waals surface area contributed by atoms with E-state index in [9.17, 15) is 8.42 Å². The molecule has 4 nitrogen and oxygen atoms in total. The van der Waals surface area contributed by atoms with Gasteiger partial charge in [-0.1, -0.05) is 18.2 Å². The molecule has 0 amide bonds. The fourth-order valence-corrected chi connectivity index (χ4v) is 3.68. The van der Waals surface area contributed by atoms with Gasteiger partial charge in [-0.25, -0.2) is 0 Å². The molecule has 0 atom stereocenters. The number of thiophene rings is 1. The first kappa shape index (κ1) is 15.4. The summed E-state index contributed by atoms with van der Waals surface area (Å²) in [6.07, 6.45) is 0.396. The molecular weight excluding hydrogens is 294 g/mol. The predicted molar refractivity (Wildman–Crippen MR) is 83.9 cm³/mol. The molecule has 0 unspecified atom stereocenters. The van der Waals surface area contributed by atoms with Crippen molar-refractivity contribution in [2.45, 2.75) is 25.8 Å². The molecule has 1 aromatic carbocycles. The van der Waals surface area contributed by atoms with Crippen molar-refractivity contribution in [1.82, 2.24) is 5.32 Å². The molecule has 2 N–H and O–H groups in total. The molecule has 0 fully saturated rings. The Kier molecular flexibility index (Phi) is 4.49. The van der Waals surface area contributed by atoms with Crippen LogP contribution in [0.15, 0.2) is 30.3 Å². The van der Waals surface area contributed by atoms with Gasteiger partial charge in [0.2, 0.25) is 0 Å². The van der Waals surface area contributed by atoms with E-state index in [1.54, 1.807) is 11.3 Å². The van der Waals surface area contributed by atoms with E-state index in [0.717, 1.165) is 0 Å². The first-order valence-corrected chi connectivity index (χ1v) is 8.90. The van der Waals surface area contributed by atoms with Gasteiger partial charge < -0.3 is 5.32 Å². The van der Waals surface area contributed by atoms with E-state index in [1.165, 1.54) is 15.0 Å². The van der Waals surface area contributed by atoms with Crippen LogP contribution in [0.4, 0.5) is 0 Å². The Labute approximate surface area is 123 Å². The summed E-state index contributed by atoms with van der Waals surface area (Å²) in [5, 5.41) is 4.57. The van der Waals surface area contributed by atoms with Crippen LogP contribution in [0.3, 0.4) is 0 Å². The maximum Gasteiger partial charge on any atom is 0.264 e. The summed E-state index contributed by atoms with van der Waals surface area (Å²) in [6.45, 7) is 4.69. The summed E-state index contributed by atoms with van der Waals surface area (Å²) >= 11 is 1.74. The molecule has 0 saturated heterocycles. The molecule has 0 radical (unpaired) electrons. The van der Waals surface area contributed by atoms with Crippen molar-refractivity contribution < 1.29 is 13.0 Å². The van der Waals surface area contributed by atoms with Gasteiger partial charge in [-0.2, -0.15) is 8.42 Å². The standard InChI is InChI=1S/C14H19NO3S2/c1-14(2,15-8-5-9-20(16,17)18)13-10-11-6-3-4-7-12(11)19-13/h3-4,6-7,10,15H,5,8-9H2,1-2H3,(H,16,17,18). The first-order chi connectivity index (χ1) is 9.28. The van der Waals surface area contributed by atoms with Crippen LogP contribution in [-0.4, -0.2) is 25.3 Å². The minimum atomic E-state index is -3.86. The van der Waals surface area contributed by atoms with E-state index < -0.39 is 10.1 Å². The number of benzene rings is 1. The minimum Gasteiger partial charge on any atom is -0.307 e. The molecule has 0 aliphatic carbocycles. The number of hydrogen-bond donors (Lipinski definition) is 2. The second-order valence-electron chi connectivity index (χ2n) is 5.34. The zero-order chi connectivity index (χ0) is 14.8. The monoisotopic (exact) mass is 313 g/mol. The van der Waals surface area contributed by atoms with Crippen molar-refractivity contribution in [3.05, 3.63) is 35.2 Å². The van der Waals surface area contributed by atoms with Crippen molar-refractivity contribution in [3.63, 3.8) is 0 Å². The highest BCUT2D eigenvalue weighted by Crippen LogP contribution is 2.32. The van der Waals surface area contributed by atoms with Gasteiger partial charge in [0.1, 0.15) is 0 Å². The maximum atomic E-state index is 10.7. The van der Waals surface area contributed by atoms with Crippen LogP contribution in [0.1, 0.15) is 25.1 Å². The molecule has 0 spiro atoms. The molecule has 1 aromatic heterocycles. The highest BCUT2D eigenvalue weighted by molar-refractivity contribution is 7.85. The van der Waals surface area contributed by atoms with Gasteiger partial charge >= 0.3 is 0 Å². The number of hydrogen-bond acceptors (Lipinski definition) is 4. The first-order valence-electron chi connectivity index (χ1n) is 6.47. The van der Waals surface area contributed by atoms with E-state index >= 15 is 0 Å². The Balaban J connectivity index is 2.02. The van der Waals surface area contributed by atoms with Crippen molar-refractivity contribution in [3.8, 4) is 0 Å². The molecule has 0 aliphatic heterocycles. The lowest BCUT2D eigenvalue weighted by Gasteiger charge is -2.25. The van der Waals surface area contributed by atoms with Gasteiger partial charge in [-0.15, -0.1) is 11.3 Å². The zero-order valence-corrected chi connectivity index (χ0v) is 13.2. The Hall–Kier alpha value is -0.950. The van der Waals surface area contributed by atoms with Crippen molar-refractivity contribution in [2.24, 2.45) is 0 Å². The lowest BCUT2D eigenvalue weighted by molar-refractivity contribution is 0.409. The third-order valence-corrected chi connectivity index (χ3v) is 5.43. The van der Waals surface area contributed by atoms with E-state index in [0.29, 0.717) is 13.0 Å². The van der Waals surface area contributed by atoms with Gasteiger partial charge in [0.05, 0.1) is 5.75 Å². The Morgan fingerprint density at radius 1 is 1.30 bits per heavy atom. The fourth-order valence-electron chi connectivity index (χ4n) is 2.03. The van der Waals surface area contributed by atoms with Gasteiger partial charge in [-0.3, -0.25) is 4.55 Å². The summed E-state index contributed by atoms with van der Waals surface area (Å²) in [7, 11) is -3.86. The van der Waals surface area contributed by atoms with E-state index in [4.69, 9.17) is 4.55 Å². The SMILES string of the molecule is CC(C)(NCCCS(=O)(=O)O)c1cc2ccccc2s1. The summed E-state index contributed by atoms with van der Waals surface area (Å²) in [6, 6.07) is 10.4. The van der Waals surface area contributed by atoms with Crippen LogP contribution in [-0.2, 0) is 15.7 Å². The Morgan fingerprint density at radius 2 is 2.00 bits per heavy atom. The lowest BCUT2D eigenvalue weighted by Crippen LogP contribution is -2.36. The summed E-state index contributed by atoms with van der Waals surface area (Å²) in [5.41, 5.74) is -0.219. The van der Waals surface area contributed by atoms with Gasteiger partial charge in [0, 0.05) is 15.1 Å². The summed E-state index contributed by atoms with van der Waals surface area (Å²) < 4.78 is 31.3. The quantitative estimate of drug-likeness (QED) is 0.635. The number of nitrogens with one attached hydrogen (secondary N) is 1. The van der Waals surface area contributed by atoms with Crippen LogP contribution in [0.25, 0.3) is 10.1 Å². The number of fused-ring (bicyclic) bond motifs is 1. The predicted octanol–water partition coefficient (Wildman–Crippen LogP) is 3.00. The molecule has 0 bridgehead atoms. The van der Waals surface area contributed by atoms with Crippen LogP contribution < -0.4 is 5.32 Å². The second-order valence-corrected chi connectivity index (χ2v) is 8.00. The molecule has 6 heteroatoms. The highest BCUT2D eigenvalue weighted by Gasteiger charge is 2.22. The van der Waals surface area contributed by atoms with Crippen molar-refractivity contribution in [2.75, 3.05) is 12.3 Å². The van der Waals surface area contributed by atoms with E-state index in [-0.39, 0.29) is 11.3 Å². The minimum absolute atomic E-state index is 0.206. The van der Waals surface area contributed by atoms with Crippen molar-refractivity contribution >= 4 is 31.5 Å². The van der Waals surface area contributed by atoms with E-state index in [1.807, 2.05) is 12.1 Å². The van der Waals surface area contributed by atoms with Gasteiger partial charge in [0.25, 0.3) is 10.1 Å². The van der Waals surface area contributed by atoms with Crippen LogP contribution >= 0.6 is 11.3 Å². The molecule has 110 valence electrons. The molecule has 2 rings (SSSR count). The molecule has 1 heterocycles. The highest BCUT2D eigenvalue weighted by atomic mass is 32.2. The van der Waals surface area contributed by atoms with Gasteiger partial charge in [-0.05, 0) is 44.3 Å². The van der Waals surface area contributed by atoms with Crippen LogP contribution in [0.2, 0.25) is 0 Å². The third kappa shape index (κ3) is 4.02. The maximum absolute atomic E-state index is 10.7. The zero-order valence-electron chi connectivity index (χ0n) is 11.6. The topological polar surface area (TPSA) is 66.4 Å². The molecular formula is C14H19NO3S2.